The molecule has 0 aliphatic carbocycles. The van der Waals surface area contributed by atoms with Gasteiger partial charge in [0.15, 0.2) is 6.61 Å². The molecule has 0 radical (unpaired) electrons. The van der Waals surface area contributed by atoms with Crippen molar-refractivity contribution >= 4 is 40.9 Å². The van der Waals surface area contributed by atoms with Gasteiger partial charge in [-0.3, -0.25) is 9.59 Å². The highest BCUT2D eigenvalue weighted by Gasteiger charge is 2.13. The average molecular weight is 609 g/mol. The first-order chi connectivity index (χ1) is 21.7. The van der Waals surface area contributed by atoms with Gasteiger partial charge in [0, 0.05) is 30.0 Å². The lowest BCUT2D eigenvalue weighted by molar-refractivity contribution is -0.139. The Bertz CT molecular complexity index is 1630. The van der Waals surface area contributed by atoms with E-state index in [1.807, 2.05) is 62.4 Å². The lowest BCUT2D eigenvalue weighted by Crippen LogP contribution is -2.23. The van der Waals surface area contributed by atoms with E-state index in [-0.39, 0.29) is 37.1 Å². The molecule has 0 saturated carbocycles. The minimum absolute atomic E-state index is 0.0867. The minimum Gasteiger partial charge on any atom is -0.482 e. The fourth-order valence-electron chi connectivity index (χ4n) is 4.65. The standard InChI is InChI=1S/C35H36N4O6/c1-23-7-6-8-24(2)34(23)39-35(44)38-28-14-11-25(12-15-28)19-32(41)37-29-16-17-30(45-22-33(42)43)27(20-29)13-18-31(40)36-21-26-9-4-3-5-10-26/h3-12,14-17,20H,13,18-19,21-22H2,1-2H3,(H,36,40)(H,37,41)(H,42,43)(H2,38,39,44). The molecule has 4 amide bonds. The lowest BCUT2D eigenvalue weighted by Gasteiger charge is -2.14. The molecule has 0 spiro atoms. The molecule has 0 aromatic heterocycles. The van der Waals surface area contributed by atoms with Crippen LogP contribution in [-0.2, 0) is 33.8 Å². The topological polar surface area (TPSA) is 146 Å². The molecule has 0 aliphatic heterocycles. The molecule has 0 heterocycles. The van der Waals surface area contributed by atoms with Crippen molar-refractivity contribution in [1.82, 2.24) is 5.32 Å². The monoisotopic (exact) mass is 608 g/mol. The number of hydrogen-bond donors (Lipinski definition) is 5. The highest BCUT2D eigenvalue weighted by atomic mass is 16.5. The third kappa shape index (κ3) is 10.2. The molecule has 4 aromatic carbocycles. The number of carboxylic acids is 1. The zero-order valence-electron chi connectivity index (χ0n) is 25.2. The number of benzene rings is 4. The number of urea groups is 1. The number of anilines is 3. The maximum absolute atomic E-state index is 12.8. The molecule has 0 aliphatic rings. The number of aryl methyl sites for hydroxylation is 3. The third-order valence-electron chi connectivity index (χ3n) is 6.95. The SMILES string of the molecule is Cc1cccc(C)c1NC(=O)Nc1ccc(CC(=O)Nc2ccc(OCC(=O)O)c(CCC(=O)NCc3ccccc3)c2)cc1. The van der Waals surface area contributed by atoms with E-state index in [9.17, 15) is 19.2 Å². The average Bonchev–Trinajstić information content (AvgIpc) is 3.01. The molecule has 4 rings (SSSR count). The number of ether oxygens (including phenoxy) is 1. The summed E-state index contributed by atoms with van der Waals surface area (Å²) < 4.78 is 5.42. The molecule has 0 saturated heterocycles. The van der Waals surface area contributed by atoms with Crippen molar-refractivity contribution in [3.8, 4) is 5.75 Å². The minimum atomic E-state index is -1.12. The molecule has 5 N–H and O–H groups in total. The van der Waals surface area contributed by atoms with Gasteiger partial charge >= 0.3 is 12.0 Å². The fraction of sp³-hybridized carbons (Fsp3) is 0.200. The number of para-hydroxylation sites is 1. The second kappa shape index (κ2) is 15.7. The number of carbonyl (C=O) groups is 4. The Morgan fingerprint density at radius 3 is 2.09 bits per heavy atom. The second-order valence-electron chi connectivity index (χ2n) is 10.5. The highest BCUT2D eigenvalue weighted by Crippen LogP contribution is 2.25. The van der Waals surface area contributed by atoms with Gasteiger partial charge < -0.3 is 31.1 Å². The van der Waals surface area contributed by atoms with Crippen LogP contribution in [0.5, 0.6) is 5.75 Å². The van der Waals surface area contributed by atoms with Gasteiger partial charge in [-0.25, -0.2) is 9.59 Å². The van der Waals surface area contributed by atoms with E-state index in [1.165, 1.54) is 0 Å². The van der Waals surface area contributed by atoms with Crippen LogP contribution in [0, 0.1) is 13.8 Å². The number of rotatable bonds is 13. The van der Waals surface area contributed by atoms with Crippen LogP contribution in [0.1, 0.15) is 34.2 Å². The Kier molecular flexibility index (Phi) is 11.3. The highest BCUT2D eigenvalue weighted by molar-refractivity contribution is 6.00. The van der Waals surface area contributed by atoms with Gasteiger partial charge in [0.2, 0.25) is 11.8 Å². The van der Waals surface area contributed by atoms with E-state index in [4.69, 9.17) is 9.84 Å². The van der Waals surface area contributed by atoms with E-state index in [2.05, 4.69) is 21.3 Å². The molecule has 0 unspecified atom stereocenters. The molecular weight excluding hydrogens is 572 g/mol. The first kappa shape index (κ1) is 32.3. The molecule has 0 atom stereocenters. The number of aliphatic carboxylic acids is 1. The molecule has 4 aromatic rings. The molecular formula is C35H36N4O6. The van der Waals surface area contributed by atoms with E-state index in [0.29, 0.717) is 29.2 Å². The first-order valence-electron chi connectivity index (χ1n) is 14.5. The van der Waals surface area contributed by atoms with E-state index in [0.717, 1.165) is 27.9 Å². The summed E-state index contributed by atoms with van der Waals surface area (Å²) >= 11 is 0. The van der Waals surface area contributed by atoms with Crippen molar-refractivity contribution in [2.75, 3.05) is 22.6 Å². The smallest absolute Gasteiger partial charge is 0.341 e. The summed E-state index contributed by atoms with van der Waals surface area (Å²) in [6.45, 7) is 3.72. The normalized spacial score (nSPS) is 10.4. The predicted octanol–water partition coefficient (Wildman–Crippen LogP) is 5.84. The Balaban J connectivity index is 1.32. The van der Waals surface area contributed by atoms with E-state index < -0.39 is 12.6 Å². The van der Waals surface area contributed by atoms with E-state index in [1.54, 1.807) is 42.5 Å². The summed E-state index contributed by atoms with van der Waals surface area (Å²) in [5.74, 6) is -1.23. The van der Waals surface area contributed by atoms with Gasteiger partial charge in [-0.05, 0) is 78.4 Å². The van der Waals surface area contributed by atoms with Gasteiger partial charge in [-0.2, -0.15) is 0 Å². The van der Waals surface area contributed by atoms with Crippen molar-refractivity contribution in [2.24, 2.45) is 0 Å². The lowest BCUT2D eigenvalue weighted by atomic mass is 10.1. The summed E-state index contributed by atoms with van der Waals surface area (Å²) in [5, 5.41) is 20.4. The predicted molar refractivity (Wildman–Crippen MR) is 174 cm³/mol. The fourth-order valence-corrected chi connectivity index (χ4v) is 4.65. The number of hydrogen-bond acceptors (Lipinski definition) is 5. The second-order valence-corrected chi connectivity index (χ2v) is 10.5. The van der Waals surface area contributed by atoms with Crippen molar-refractivity contribution in [2.45, 2.75) is 39.7 Å². The maximum Gasteiger partial charge on any atom is 0.341 e. The molecule has 10 heteroatoms. The summed E-state index contributed by atoms with van der Waals surface area (Å²) in [4.78, 5) is 48.9. The number of carbonyl (C=O) groups excluding carboxylic acids is 3. The van der Waals surface area contributed by atoms with Gasteiger partial charge in [0.1, 0.15) is 5.75 Å². The van der Waals surface area contributed by atoms with Crippen LogP contribution < -0.4 is 26.0 Å². The largest absolute Gasteiger partial charge is 0.482 e. The Morgan fingerprint density at radius 1 is 0.711 bits per heavy atom. The van der Waals surface area contributed by atoms with Crippen LogP contribution in [0.25, 0.3) is 0 Å². The van der Waals surface area contributed by atoms with Crippen LogP contribution in [0.3, 0.4) is 0 Å². The van der Waals surface area contributed by atoms with Gasteiger partial charge in [0.25, 0.3) is 0 Å². The summed E-state index contributed by atoms with van der Waals surface area (Å²) in [6, 6.07) is 26.8. The number of amides is 4. The van der Waals surface area contributed by atoms with Gasteiger partial charge in [0.05, 0.1) is 6.42 Å². The third-order valence-corrected chi connectivity index (χ3v) is 6.95. The van der Waals surface area contributed by atoms with Crippen LogP contribution in [0.15, 0.2) is 91.0 Å². The van der Waals surface area contributed by atoms with Crippen LogP contribution in [0.4, 0.5) is 21.9 Å². The van der Waals surface area contributed by atoms with Crippen LogP contribution in [0.2, 0.25) is 0 Å². The molecule has 0 fully saturated rings. The van der Waals surface area contributed by atoms with Crippen molar-refractivity contribution in [3.05, 3.63) is 119 Å². The number of carboxylic acid groups (broad SMARTS) is 1. The van der Waals surface area contributed by atoms with Gasteiger partial charge in [-0.15, -0.1) is 0 Å². The van der Waals surface area contributed by atoms with Crippen molar-refractivity contribution in [1.29, 1.82) is 0 Å². The zero-order chi connectivity index (χ0) is 32.2. The summed E-state index contributed by atoms with van der Waals surface area (Å²) in [6.07, 6.45) is 0.519. The quantitative estimate of drug-likeness (QED) is 0.129. The van der Waals surface area contributed by atoms with Crippen molar-refractivity contribution < 1.29 is 29.0 Å². The number of nitrogens with one attached hydrogen (secondary N) is 4. The summed E-state index contributed by atoms with van der Waals surface area (Å²) in [7, 11) is 0. The maximum atomic E-state index is 12.8. The Morgan fingerprint density at radius 2 is 1.40 bits per heavy atom. The molecule has 10 nitrogen and oxygen atoms in total. The summed E-state index contributed by atoms with van der Waals surface area (Å²) in [5.41, 5.74) is 6.07. The molecule has 0 bridgehead atoms. The van der Waals surface area contributed by atoms with Gasteiger partial charge in [-0.1, -0.05) is 60.7 Å². The Labute approximate surface area is 261 Å². The molecule has 232 valence electrons. The first-order valence-corrected chi connectivity index (χ1v) is 14.5. The molecule has 45 heavy (non-hydrogen) atoms. The van der Waals surface area contributed by atoms with Crippen LogP contribution >= 0.6 is 0 Å². The van der Waals surface area contributed by atoms with Crippen molar-refractivity contribution in [3.63, 3.8) is 0 Å². The van der Waals surface area contributed by atoms with Crippen LogP contribution in [-0.4, -0.2) is 35.5 Å². The van der Waals surface area contributed by atoms with E-state index >= 15 is 0 Å². The Hall–Kier alpha value is -5.64. The zero-order valence-corrected chi connectivity index (χ0v) is 25.2.